The van der Waals surface area contributed by atoms with Crippen molar-refractivity contribution in [2.45, 2.75) is 20.3 Å². The number of hydrogen-bond donors (Lipinski definition) is 4. The summed E-state index contributed by atoms with van der Waals surface area (Å²) in [6.07, 6.45) is 0.640. The number of anilines is 2. The molecule has 8 heteroatoms. The second-order valence-electron chi connectivity index (χ2n) is 6.69. The number of nitrogens with zero attached hydrogens (tertiary/aromatic N) is 3. The smallest absolute Gasteiger partial charge is 0.326 e. The number of aromatic hydroxyl groups is 1. The summed E-state index contributed by atoms with van der Waals surface area (Å²) in [5.41, 5.74) is 3.30. The molecule has 0 spiro atoms. The van der Waals surface area contributed by atoms with Gasteiger partial charge in [0.1, 0.15) is 5.75 Å². The van der Waals surface area contributed by atoms with Gasteiger partial charge in [-0.15, -0.1) is 0 Å². The molecule has 0 bridgehead atoms. The number of benzene rings is 2. The lowest BCUT2D eigenvalue weighted by molar-refractivity contribution is 0.256. The van der Waals surface area contributed by atoms with Crippen LogP contribution in [0.5, 0.6) is 5.75 Å². The number of amides is 2. The molecule has 0 saturated carbocycles. The first-order valence-electron chi connectivity index (χ1n) is 9.52. The maximum absolute atomic E-state index is 12.4. The molecule has 0 aliphatic carbocycles. The molecule has 0 radical (unpaired) electrons. The number of aliphatic imine (C=N–C) groups is 1. The first-order valence-corrected chi connectivity index (χ1v) is 9.52. The molecule has 0 aliphatic rings. The average molecular weight is 404 g/mol. The van der Waals surface area contributed by atoms with Crippen molar-refractivity contribution < 1.29 is 9.90 Å². The van der Waals surface area contributed by atoms with Gasteiger partial charge >= 0.3 is 6.03 Å². The highest BCUT2D eigenvalue weighted by Gasteiger charge is 2.09. The van der Waals surface area contributed by atoms with Crippen LogP contribution in [0.4, 0.5) is 16.4 Å². The maximum atomic E-state index is 12.4. The number of rotatable bonds is 5. The molecule has 0 fully saturated rings. The van der Waals surface area contributed by atoms with Gasteiger partial charge in [0.15, 0.2) is 0 Å². The van der Waals surface area contributed by atoms with Gasteiger partial charge in [-0.2, -0.15) is 0 Å². The van der Waals surface area contributed by atoms with E-state index in [0.717, 1.165) is 17.0 Å². The molecule has 2 aromatic carbocycles. The SMILES string of the molecule is Cc1cc(C)nc(NC(=NCCc2ccc(O)cc2)NC(=O)Nc2ccccc2)n1. The van der Waals surface area contributed by atoms with E-state index in [-0.39, 0.29) is 11.7 Å². The molecule has 3 aromatic rings. The number of aromatic nitrogens is 2. The molecule has 8 nitrogen and oxygen atoms in total. The molecule has 2 amide bonds. The van der Waals surface area contributed by atoms with Gasteiger partial charge < -0.3 is 10.4 Å². The van der Waals surface area contributed by atoms with Crippen LogP contribution in [0.2, 0.25) is 0 Å². The average Bonchev–Trinajstić information content (AvgIpc) is 2.69. The predicted octanol–water partition coefficient (Wildman–Crippen LogP) is 3.63. The number of carbonyl (C=O) groups excluding carboxylic acids is 1. The number of para-hydroxylation sites is 1. The number of hydrogen-bond acceptors (Lipinski definition) is 5. The van der Waals surface area contributed by atoms with E-state index in [1.165, 1.54) is 0 Å². The van der Waals surface area contributed by atoms with Crippen molar-refractivity contribution in [3.8, 4) is 5.75 Å². The third-order valence-electron chi connectivity index (χ3n) is 4.08. The van der Waals surface area contributed by atoms with Gasteiger partial charge in [-0.25, -0.2) is 14.8 Å². The molecule has 4 N–H and O–H groups in total. The van der Waals surface area contributed by atoms with E-state index >= 15 is 0 Å². The fourth-order valence-corrected chi connectivity index (χ4v) is 2.75. The van der Waals surface area contributed by atoms with Crippen LogP contribution in [0.25, 0.3) is 0 Å². The van der Waals surface area contributed by atoms with E-state index in [4.69, 9.17) is 0 Å². The van der Waals surface area contributed by atoms with Crippen LogP contribution in [-0.4, -0.2) is 33.6 Å². The summed E-state index contributed by atoms with van der Waals surface area (Å²) in [5.74, 6) is 0.818. The number of guanidine groups is 1. The van der Waals surface area contributed by atoms with E-state index in [1.807, 2.05) is 50.2 Å². The van der Waals surface area contributed by atoms with Crippen LogP contribution in [0.1, 0.15) is 17.0 Å². The maximum Gasteiger partial charge on any atom is 0.326 e. The van der Waals surface area contributed by atoms with Gasteiger partial charge in [-0.05, 0) is 56.2 Å². The molecule has 3 rings (SSSR count). The molecular weight excluding hydrogens is 380 g/mol. The van der Waals surface area contributed by atoms with Gasteiger partial charge in [-0.1, -0.05) is 30.3 Å². The molecule has 0 saturated heterocycles. The van der Waals surface area contributed by atoms with Crippen molar-refractivity contribution in [2.75, 3.05) is 17.2 Å². The molecule has 0 atom stereocenters. The lowest BCUT2D eigenvalue weighted by Gasteiger charge is -2.12. The van der Waals surface area contributed by atoms with Crippen molar-refractivity contribution in [1.82, 2.24) is 15.3 Å². The minimum absolute atomic E-state index is 0.218. The number of phenols is 1. The molecule has 0 unspecified atom stereocenters. The lowest BCUT2D eigenvalue weighted by atomic mass is 10.1. The summed E-state index contributed by atoms with van der Waals surface area (Å²) in [5, 5.41) is 17.9. The van der Waals surface area contributed by atoms with E-state index in [1.54, 1.807) is 24.3 Å². The van der Waals surface area contributed by atoms with Gasteiger partial charge in [0, 0.05) is 23.6 Å². The zero-order valence-corrected chi connectivity index (χ0v) is 16.9. The zero-order chi connectivity index (χ0) is 21.3. The fraction of sp³-hybridized carbons (Fsp3) is 0.182. The monoisotopic (exact) mass is 404 g/mol. The Bertz CT molecular complexity index is 999. The highest BCUT2D eigenvalue weighted by molar-refractivity contribution is 6.06. The van der Waals surface area contributed by atoms with Gasteiger partial charge in [-0.3, -0.25) is 15.6 Å². The first kappa shape index (κ1) is 20.8. The van der Waals surface area contributed by atoms with Crippen molar-refractivity contribution in [3.63, 3.8) is 0 Å². The molecule has 1 heterocycles. The molecule has 0 aliphatic heterocycles. The zero-order valence-electron chi connectivity index (χ0n) is 16.9. The Kier molecular flexibility index (Phi) is 6.94. The van der Waals surface area contributed by atoms with Crippen molar-refractivity contribution in [3.05, 3.63) is 77.6 Å². The van der Waals surface area contributed by atoms with Gasteiger partial charge in [0.2, 0.25) is 11.9 Å². The van der Waals surface area contributed by atoms with Crippen LogP contribution >= 0.6 is 0 Å². The van der Waals surface area contributed by atoms with E-state index < -0.39 is 6.03 Å². The Morgan fingerprint density at radius 3 is 2.30 bits per heavy atom. The first-order chi connectivity index (χ1) is 14.5. The number of phenolic OH excluding ortho intramolecular Hbond substituents is 1. The molecular formula is C22H24N6O2. The van der Waals surface area contributed by atoms with E-state index in [0.29, 0.717) is 24.6 Å². The summed E-state index contributed by atoms with van der Waals surface area (Å²) in [6.45, 7) is 4.16. The number of aryl methyl sites for hydroxylation is 2. The largest absolute Gasteiger partial charge is 0.508 e. The lowest BCUT2D eigenvalue weighted by Crippen LogP contribution is -2.39. The van der Waals surface area contributed by atoms with Crippen LogP contribution in [0.15, 0.2) is 65.7 Å². The third-order valence-corrected chi connectivity index (χ3v) is 4.08. The fourth-order valence-electron chi connectivity index (χ4n) is 2.75. The number of nitrogens with one attached hydrogen (secondary N) is 3. The standard InChI is InChI=1S/C22H24N6O2/c1-15-14-16(2)25-21(24-15)27-20(23-13-12-17-8-10-19(29)11-9-17)28-22(30)26-18-6-4-3-5-7-18/h3-11,14,29H,12-13H2,1-2H3,(H3,23,24,25,26,27,28,30). The Labute approximate surface area is 175 Å². The van der Waals surface area contributed by atoms with Crippen LogP contribution in [0.3, 0.4) is 0 Å². The summed E-state index contributed by atoms with van der Waals surface area (Å²) in [7, 11) is 0. The van der Waals surface area contributed by atoms with E-state index in [9.17, 15) is 9.90 Å². The van der Waals surface area contributed by atoms with Crippen LogP contribution in [0, 0.1) is 13.8 Å². The number of carbonyl (C=O) groups is 1. The summed E-state index contributed by atoms with van der Waals surface area (Å²) in [4.78, 5) is 25.6. The quantitative estimate of drug-likeness (QED) is 0.383. The van der Waals surface area contributed by atoms with Gasteiger partial charge in [0.25, 0.3) is 0 Å². The minimum atomic E-state index is -0.429. The van der Waals surface area contributed by atoms with Crippen molar-refractivity contribution in [2.24, 2.45) is 4.99 Å². The van der Waals surface area contributed by atoms with Crippen LogP contribution < -0.4 is 16.0 Å². The topological polar surface area (TPSA) is 112 Å². The normalized spacial score (nSPS) is 11.1. The summed E-state index contributed by atoms with van der Waals surface area (Å²) < 4.78 is 0. The second kappa shape index (κ2) is 10.0. The highest BCUT2D eigenvalue weighted by Crippen LogP contribution is 2.10. The molecule has 154 valence electrons. The minimum Gasteiger partial charge on any atom is -0.508 e. The summed E-state index contributed by atoms with van der Waals surface area (Å²) in [6, 6.07) is 17.5. The van der Waals surface area contributed by atoms with Crippen LogP contribution in [-0.2, 0) is 6.42 Å². The highest BCUT2D eigenvalue weighted by atomic mass is 16.3. The molecule has 1 aromatic heterocycles. The van der Waals surface area contributed by atoms with E-state index in [2.05, 4.69) is 30.9 Å². The molecule has 30 heavy (non-hydrogen) atoms. The Balaban J connectivity index is 1.71. The second-order valence-corrected chi connectivity index (χ2v) is 6.69. The van der Waals surface area contributed by atoms with Crippen molar-refractivity contribution >= 4 is 23.6 Å². The third kappa shape index (κ3) is 6.59. The van der Waals surface area contributed by atoms with Gasteiger partial charge in [0.05, 0.1) is 0 Å². The summed E-state index contributed by atoms with van der Waals surface area (Å²) >= 11 is 0. The van der Waals surface area contributed by atoms with Crippen molar-refractivity contribution in [1.29, 1.82) is 0 Å². The Morgan fingerprint density at radius 1 is 0.967 bits per heavy atom. The number of urea groups is 1. The Morgan fingerprint density at radius 2 is 1.63 bits per heavy atom. The Hall–Kier alpha value is -3.94. The predicted molar refractivity (Wildman–Crippen MR) is 118 cm³/mol.